The van der Waals surface area contributed by atoms with Gasteiger partial charge in [0.2, 0.25) is 0 Å². The van der Waals surface area contributed by atoms with Crippen LogP contribution in [0, 0.1) is 0 Å². The number of ether oxygens (including phenoxy) is 3. The zero-order chi connectivity index (χ0) is 32.0. The Morgan fingerprint density at radius 3 is 2.33 bits per heavy atom. The summed E-state index contributed by atoms with van der Waals surface area (Å²) in [4.78, 5) is 47.0. The van der Waals surface area contributed by atoms with Crippen molar-refractivity contribution in [2.45, 2.75) is 26.2 Å². The minimum atomic E-state index is -0.860. The fourth-order valence-electron chi connectivity index (χ4n) is 5.17. The van der Waals surface area contributed by atoms with Gasteiger partial charge in [-0.05, 0) is 52.8 Å². The number of pyridine rings is 1. The lowest BCUT2D eigenvalue weighted by atomic mass is 9.85. The number of morpholine rings is 1. The van der Waals surface area contributed by atoms with Gasteiger partial charge in [0, 0.05) is 36.8 Å². The van der Waals surface area contributed by atoms with E-state index < -0.39 is 17.6 Å². The second-order valence-electron chi connectivity index (χ2n) is 11.8. The number of nitrogens with zero attached hydrogens (tertiary/aromatic N) is 2. The van der Waals surface area contributed by atoms with Crippen LogP contribution < -0.4 is 20.1 Å². The third-order valence-corrected chi connectivity index (χ3v) is 7.66. The van der Waals surface area contributed by atoms with E-state index in [1.165, 1.54) is 7.11 Å². The summed E-state index contributed by atoms with van der Waals surface area (Å²) in [5.74, 6) is -0.915. The Labute approximate surface area is 262 Å². The van der Waals surface area contributed by atoms with Crippen LogP contribution in [0.15, 0.2) is 72.9 Å². The Morgan fingerprint density at radius 1 is 0.911 bits per heavy atom. The van der Waals surface area contributed by atoms with Crippen LogP contribution in [0.5, 0.6) is 11.5 Å². The van der Waals surface area contributed by atoms with Gasteiger partial charge in [0.25, 0.3) is 17.6 Å². The topological polar surface area (TPSA) is 119 Å². The van der Waals surface area contributed by atoms with E-state index in [2.05, 4.69) is 20.5 Å². The van der Waals surface area contributed by atoms with Gasteiger partial charge in [-0.15, -0.1) is 0 Å². The first kappa shape index (κ1) is 31.6. The molecule has 1 aliphatic heterocycles. The first-order chi connectivity index (χ1) is 21.7. The van der Waals surface area contributed by atoms with Crippen molar-refractivity contribution in [2.75, 3.05) is 57.2 Å². The Hall–Kier alpha value is -4.80. The molecule has 1 aromatic heterocycles. The van der Waals surface area contributed by atoms with Crippen molar-refractivity contribution in [3.05, 3.63) is 89.6 Å². The minimum absolute atomic E-state index is 0.131. The molecule has 1 saturated heterocycles. The summed E-state index contributed by atoms with van der Waals surface area (Å²) in [6, 6.07) is 19.3. The number of Topliss-reactive ketones (excluding diaryl/α,β-unsaturated/α-hetero) is 1. The molecule has 234 valence electrons. The quantitative estimate of drug-likeness (QED) is 0.183. The van der Waals surface area contributed by atoms with Gasteiger partial charge in [-0.25, -0.2) is 4.98 Å². The average Bonchev–Trinajstić information content (AvgIpc) is 3.04. The molecule has 0 bridgehead atoms. The number of rotatable bonds is 10. The van der Waals surface area contributed by atoms with Crippen molar-refractivity contribution >= 4 is 39.9 Å². The summed E-state index contributed by atoms with van der Waals surface area (Å²) >= 11 is 0. The maximum Gasteiger partial charge on any atom is 0.296 e. The smallest absolute Gasteiger partial charge is 0.296 e. The highest BCUT2D eigenvalue weighted by atomic mass is 16.5. The number of aromatic nitrogens is 1. The summed E-state index contributed by atoms with van der Waals surface area (Å²) in [5.41, 5.74) is 1.02. The molecule has 2 amide bonds. The maximum absolute atomic E-state index is 13.6. The minimum Gasteiger partial charge on any atom is -0.494 e. The van der Waals surface area contributed by atoms with Gasteiger partial charge in [-0.3, -0.25) is 19.3 Å². The van der Waals surface area contributed by atoms with Crippen LogP contribution in [-0.4, -0.2) is 74.0 Å². The standard InChI is InChI=1S/C35H38N4O6/c1-35(2,3)23-21-27(33(41)38-30-11-7-8-14-36-30)32(43-4)28(22-23)37-34(42)31(40)26-12-13-29(25-10-6-5-9-24(25)26)45-20-17-39-15-18-44-19-16-39/h5-14,21-22H,15-20H2,1-4H3,(H,37,42)(H,36,38,41). The van der Waals surface area contributed by atoms with E-state index in [0.717, 1.165) is 30.6 Å². The summed E-state index contributed by atoms with van der Waals surface area (Å²) in [6.07, 6.45) is 1.57. The third kappa shape index (κ3) is 7.47. The van der Waals surface area contributed by atoms with Crippen molar-refractivity contribution in [3.63, 3.8) is 0 Å². The maximum atomic E-state index is 13.6. The SMILES string of the molecule is COc1c(NC(=O)C(=O)c2ccc(OCCN3CCOCC3)c3ccccc23)cc(C(C)(C)C)cc1C(=O)Nc1ccccn1. The number of anilines is 2. The number of carbonyl (C=O) groups is 3. The molecule has 2 heterocycles. The van der Waals surface area contributed by atoms with E-state index in [4.69, 9.17) is 14.2 Å². The molecule has 0 aliphatic carbocycles. The van der Waals surface area contributed by atoms with E-state index >= 15 is 0 Å². The number of amides is 2. The molecule has 5 rings (SSSR count). The van der Waals surface area contributed by atoms with Crippen LogP contribution in [-0.2, 0) is 14.9 Å². The fraction of sp³-hybridized carbons (Fsp3) is 0.314. The monoisotopic (exact) mass is 610 g/mol. The van der Waals surface area contributed by atoms with Crippen molar-refractivity contribution in [1.29, 1.82) is 0 Å². The molecule has 1 fully saturated rings. The fourth-order valence-corrected chi connectivity index (χ4v) is 5.17. The Kier molecular flexibility index (Phi) is 9.75. The first-order valence-corrected chi connectivity index (χ1v) is 14.9. The molecule has 1 aliphatic rings. The third-order valence-electron chi connectivity index (χ3n) is 7.66. The van der Waals surface area contributed by atoms with E-state index in [-0.39, 0.29) is 28.0 Å². The number of methoxy groups -OCH3 is 1. The van der Waals surface area contributed by atoms with Crippen LogP contribution >= 0.6 is 0 Å². The lowest BCUT2D eigenvalue weighted by molar-refractivity contribution is -0.112. The summed E-state index contributed by atoms with van der Waals surface area (Å²) in [5, 5.41) is 6.83. The molecular weight excluding hydrogens is 572 g/mol. The molecule has 10 nitrogen and oxygen atoms in total. The molecule has 0 unspecified atom stereocenters. The van der Waals surface area contributed by atoms with Gasteiger partial charge < -0.3 is 24.8 Å². The predicted molar refractivity (Wildman–Crippen MR) is 174 cm³/mol. The second-order valence-corrected chi connectivity index (χ2v) is 11.8. The molecule has 0 spiro atoms. The predicted octanol–water partition coefficient (Wildman–Crippen LogP) is 5.33. The van der Waals surface area contributed by atoms with E-state index in [0.29, 0.717) is 36.8 Å². The van der Waals surface area contributed by atoms with Gasteiger partial charge in [0.1, 0.15) is 18.2 Å². The Morgan fingerprint density at radius 2 is 1.64 bits per heavy atom. The summed E-state index contributed by atoms with van der Waals surface area (Å²) < 4.78 is 17.1. The Balaban J connectivity index is 1.40. The van der Waals surface area contributed by atoms with Gasteiger partial charge in [0.15, 0.2) is 5.75 Å². The number of hydrogen-bond donors (Lipinski definition) is 2. The molecule has 0 atom stereocenters. The van der Waals surface area contributed by atoms with Gasteiger partial charge in [0.05, 0.1) is 31.6 Å². The molecule has 45 heavy (non-hydrogen) atoms. The van der Waals surface area contributed by atoms with E-state index in [9.17, 15) is 14.4 Å². The second kappa shape index (κ2) is 13.9. The average molecular weight is 611 g/mol. The number of fused-ring (bicyclic) bond motifs is 1. The molecule has 4 aromatic rings. The molecule has 10 heteroatoms. The Bertz CT molecular complexity index is 1690. The van der Waals surface area contributed by atoms with Crippen LogP contribution in [0.25, 0.3) is 10.8 Å². The summed E-state index contributed by atoms with van der Waals surface area (Å²) in [7, 11) is 1.41. The molecule has 2 N–H and O–H groups in total. The lowest BCUT2D eigenvalue weighted by Crippen LogP contribution is -2.38. The van der Waals surface area contributed by atoms with Gasteiger partial charge >= 0.3 is 0 Å². The largest absolute Gasteiger partial charge is 0.494 e. The highest BCUT2D eigenvalue weighted by molar-refractivity contribution is 6.48. The van der Waals surface area contributed by atoms with Crippen molar-refractivity contribution in [2.24, 2.45) is 0 Å². The lowest BCUT2D eigenvalue weighted by Gasteiger charge is -2.26. The van der Waals surface area contributed by atoms with E-state index in [1.54, 1.807) is 54.7 Å². The number of hydrogen-bond acceptors (Lipinski definition) is 8. The van der Waals surface area contributed by atoms with Crippen molar-refractivity contribution < 1.29 is 28.6 Å². The summed E-state index contributed by atoms with van der Waals surface area (Å²) in [6.45, 7) is 10.4. The van der Waals surface area contributed by atoms with Gasteiger partial charge in [-0.2, -0.15) is 0 Å². The van der Waals surface area contributed by atoms with Gasteiger partial charge in [-0.1, -0.05) is 51.1 Å². The van der Waals surface area contributed by atoms with Crippen molar-refractivity contribution in [1.82, 2.24) is 9.88 Å². The zero-order valence-electron chi connectivity index (χ0n) is 26.0. The van der Waals surface area contributed by atoms with E-state index in [1.807, 2.05) is 39.0 Å². The van der Waals surface area contributed by atoms with Crippen LogP contribution in [0.4, 0.5) is 11.5 Å². The van der Waals surface area contributed by atoms with Crippen LogP contribution in [0.1, 0.15) is 47.1 Å². The van der Waals surface area contributed by atoms with Crippen LogP contribution in [0.3, 0.4) is 0 Å². The number of nitrogens with one attached hydrogen (secondary N) is 2. The first-order valence-electron chi connectivity index (χ1n) is 14.9. The highest BCUT2D eigenvalue weighted by Gasteiger charge is 2.27. The van der Waals surface area contributed by atoms with Crippen molar-refractivity contribution in [3.8, 4) is 11.5 Å². The molecule has 0 radical (unpaired) electrons. The normalized spacial score (nSPS) is 13.7. The molecular formula is C35H38N4O6. The zero-order valence-corrected chi connectivity index (χ0v) is 26.0. The number of ketones is 1. The molecule has 0 saturated carbocycles. The van der Waals surface area contributed by atoms with Crippen LogP contribution in [0.2, 0.25) is 0 Å². The number of carbonyl (C=O) groups excluding carboxylic acids is 3. The molecule has 3 aromatic carbocycles. The highest BCUT2D eigenvalue weighted by Crippen LogP contribution is 2.36. The number of benzene rings is 3.